The van der Waals surface area contributed by atoms with Gasteiger partial charge in [0.1, 0.15) is 0 Å². The van der Waals surface area contributed by atoms with Gasteiger partial charge >= 0.3 is 0 Å². The van der Waals surface area contributed by atoms with Crippen LogP contribution in [-0.2, 0) is 0 Å². The van der Waals surface area contributed by atoms with E-state index < -0.39 is 0 Å². The van der Waals surface area contributed by atoms with Gasteiger partial charge in [0.2, 0.25) is 0 Å². The minimum atomic E-state index is 0.0328. The first-order chi connectivity index (χ1) is 15.6. The fraction of sp³-hybridized carbons (Fsp3) is 0.433. The lowest BCUT2D eigenvalue weighted by atomic mass is 9.64. The van der Waals surface area contributed by atoms with Crippen molar-refractivity contribution in [3.63, 3.8) is 0 Å². The second kappa shape index (κ2) is 10.9. The molecule has 33 heavy (non-hydrogen) atoms. The maximum Gasteiger partial charge on any atom is 0.0566 e. The Labute approximate surface area is 205 Å². The first kappa shape index (κ1) is 25.5. The molecular weight excluding hydrogens is 420 g/mol. The van der Waals surface area contributed by atoms with E-state index in [1.165, 1.54) is 21.6 Å². The summed E-state index contributed by atoms with van der Waals surface area (Å²) < 4.78 is 2.53. The summed E-state index contributed by atoms with van der Waals surface area (Å²) in [7, 11) is 0. The van der Waals surface area contributed by atoms with Crippen molar-refractivity contribution in [2.45, 2.75) is 60.3 Å². The molecule has 2 aliphatic carbocycles. The highest BCUT2D eigenvalue weighted by Crippen LogP contribution is 2.49. The molecule has 3 heteroatoms. The molecule has 1 fully saturated rings. The van der Waals surface area contributed by atoms with E-state index in [9.17, 15) is 0 Å². The highest BCUT2D eigenvalue weighted by atomic mass is 32.2. The van der Waals surface area contributed by atoms with Gasteiger partial charge in [0.05, 0.1) is 5.71 Å². The third kappa shape index (κ3) is 6.71. The lowest BCUT2D eigenvalue weighted by molar-refractivity contribution is 0.223. The summed E-state index contributed by atoms with van der Waals surface area (Å²) in [5.74, 6) is 0. The quantitative estimate of drug-likeness (QED) is 0.318. The fourth-order valence-corrected chi connectivity index (χ4v) is 5.87. The number of rotatable bonds is 6. The van der Waals surface area contributed by atoms with Crippen LogP contribution in [0.2, 0.25) is 0 Å². The molecule has 0 aromatic heterocycles. The predicted octanol–water partition coefficient (Wildman–Crippen LogP) is 8.52. The van der Waals surface area contributed by atoms with Crippen LogP contribution in [0, 0.1) is 16.2 Å². The number of piperidine rings is 1. The van der Waals surface area contributed by atoms with E-state index >= 15 is 0 Å². The molecule has 1 atom stereocenters. The Morgan fingerprint density at radius 2 is 2.06 bits per heavy atom. The molecule has 1 unspecified atom stereocenters. The Kier molecular flexibility index (Phi) is 8.42. The van der Waals surface area contributed by atoms with Gasteiger partial charge < -0.3 is 5.41 Å². The van der Waals surface area contributed by atoms with Gasteiger partial charge in [-0.1, -0.05) is 93.2 Å². The van der Waals surface area contributed by atoms with Crippen molar-refractivity contribution in [1.29, 1.82) is 5.41 Å². The second-order valence-corrected chi connectivity index (χ2v) is 11.8. The van der Waals surface area contributed by atoms with Gasteiger partial charge in [-0.2, -0.15) is 0 Å². The van der Waals surface area contributed by atoms with E-state index in [0.29, 0.717) is 5.71 Å². The van der Waals surface area contributed by atoms with Gasteiger partial charge in [0, 0.05) is 18.5 Å². The Hall–Kier alpha value is -2.10. The number of hydrogen-bond donors (Lipinski definition) is 1. The number of hydrogen-bond acceptors (Lipinski definition) is 3. The van der Waals surface area contributed by atoms with Gasteiger partial charge in [-0.25, -0.2) is 4.31 Å². The van der Waals surface area contributed by atoms with Crippen molar-refractivity contribution in [3.8, 4) is 0 Å². The molecule has 1 aliphatic heterocycles. The molecule has 2 nitrogen and oxygen atoms in total. The van der Waals surface area contributed by atoms with Gasteiger partial charge in [-0.3, -0.25) is 0 Å². The number of fused-ring (bicyclic) bond motifs is 1. The maximum absolute atomic E-state index is 8.35. The molecule has 0 aromatic carbocycles. The molecule has 3 aliphatic rings. The first-order valence-corrected chi connectivity index (χ1v) is 12.8. The average Bonchev–Trinajstić information content (AvgIpc) is 3.00. The standard InChI is InChI=1S/C30H40N2S/c1-7-12-26(29(4,5)6)16-15-24(3)33-32-18-17-27-19-28(31)23(2)20-30(27,22-32)21-25-13-10-8-9-11-14-25/h7-10,12-16,19,31H,2,11,17-18,20-22H2,1,3-6H3/b12-7-,24-15+,26-16+,31-28?. The molecule has 1 saturated heterocycles. The first-order valence-electron chi connectivity index (χ1n) is 12.1. The van der Waals surface area contributed by atoms with Crippen LogP contribution in [0.4, 0.5) is 0 Å². The average molecular weight is 461 g/mol. The topological polar surface area (TPSA) is 27.1 Å². The zero-order valence-corrected chi connectivity index (χ0v) is 21.9. The van der Waals surface area contributed by atoms with Crippen LogP contribution in [0.5, 0.6) is 0 Å². The highest BCUT2D eigenvalue weighted by molar-refractivity contribution is 8.00. The molecule has 0 amide bonds. The van der Waals surface area contributed by atoms with E-state index in [4.69, 9.17) is 5.41 Å². The van der Waals surface area contributed by atoms with Crippen molar-refractivity contribution in [3.05, 3.63) is 94.5 Å². The van der Waals surface area contributed by atoms with Crippen molar-refractivity contribution < 1.29 is 0 Å². The monoisotopic (exact) mass is 460 g/mol. The summed E-state index contributed by atoms with van der Waals surface area (Å²) in [5.41, 5.74) is 5.93. The maximum atomic E-state index is 8.35. The summed E-state index contributed by atoms with van der Waals surface area (Å²) in [6.07, 6.45) is 26.0. The summed E-state index contributed by atoms with van der Waals surface area (Å²) in [6, 6.07) is 0. The highest BCUT2D eigenvalue weighted by Gasteiger charge is 2.43. The summed E-state index contributed by atoms with van der Waals surface area (Å²) in [4.78, 5) is 1.31. The fourth-order valence-electron chi connectivity index (χ4n) is 4.83. The molecule has 0 spiro atoms. The van der Waals surface area contributed by atoms with E-state index in [1.807, 2.05) is 11.9 Å². The molecule has 1 heterocycles. The third-order valence-corrected chi connectivity index (χ3v) is 7.64. The Morgan fingerprint density at radius 1 is 1.27 bits per heavy atom. The van der Waals surface area contributed by atoms with Gasteiger partial charge in [-0.15, -0.1) is 0 Å². The van der Waals surface area contributed by atoms with Gasteiger partial charge in [0.15, 0.2) is 0 Å². The SMILES string of the molecule is C=C1CC2(CC3=CCC=CC=C3)CN(S/C(C)=C/C=C(\C=C/C)C(C)(C)C)CCC2=CC1=N. The number of allylic oxidation sites excluding steroid dienone is 14. The van der Waals surface area contributed by atoms with Crippen LogP contribution < -0.4 is 0 Å². The van der Waals surface area contributed by atoms with Crippen molar-refractivity contribution in [2.24, 2.45) is 10.8 Å². The third-order valence-electron chi connectivity index (χ3n) is 6.64. The molecular formula is C30H40N2S. The smallest absolute Gasteiger partial charge is 0.0566 e. The molecule has 1 N–H and O–H groups in total. The Bertz CT molecular complexity index is 991. The minimum Gasteiger partial charge on any atom is -0.301 e. The lowest BCUT2D eigenvalue weighted by Gasteiger charge is -2.47. The molecule has 3 rings (SSSR count). The molecule has 176 valence electrons. The summed E-state index contributed by atoms with van der Waals surface area (Å²) >= 11 is 1.88. The van der Waals surface area contributed by atoms with Crippen molar-refractivity contribution in [1.82, 2.24) is 4.31 Å². The number of nitrogens with zero attached hydrogens (tertiary/aromatic N) is 1. The lowest BCUT2D eigenvalue weighted by Crippen LogP contribution is -2.44. The summed E-state index contributed by atoms with van der Waals surface area (Å²) in [6.45, 7) is 17.3. The zero-order chi connectivity index (χ0) is 24.1. The molecule has 0 bridgehead atoms. The van der Waals surface area contributed by atoms with Crippen LogP contribution in [0.15, 0.2) is 94.5 Å². The molecule has 0 aromatic rings. The Balaban J connectivity index is 1.82. The summed E-state index contributed by atoms with van der Waals surface area (Å²) in [5, 5.41) is 8.35. The van der Waals surface area contributed by atoms with Gasteiger partial charge in [0.25, 0.3) is 0 Å². The second-order valence-electron chi connectivity index (χ2n) is 10.5. The number of nitrogens with one attached hydrogen (secondary N) is 1. The van der Waals surface area contributed by atoms with Crippen LogP contribution >= 0.6 is 11.9 Å². The minimum absolute atomic E-state index is 0.0328. The predicted molar refractivity (Wildman–Crippen MR) is 147 cm³/mol. The van der Waals surface area contributed by atoms with Gasteiger partial charge in [-0.05, 0) is 79.0 Å². The van der Waals surface area contributed by atoms with E-state index in [1.54, 1.807) is 0 Å². The van der Waals surface area contributed by atoms with E-state index in [-0.39, 0.29) is 10.8 Å². The molecule has 0 radical (unpaired) electrons. The largest absolute Gasteiger partial charge is 0.301 e. The van der Waals surface area contributed by atoms with Crippen LogP contribution in [0.3, 0.4) is 0 Å². The Morgan fingerprint density at radius 3 is 2.79 bits per heavy atom. The van der Waals surface area contributed by atoms with Crippen molar-refractivity contribution >= 4 is 17.7 Å². The van der Waals surface area contributed by atoms with Crippen molar-refractivity contribution in [2.75, 3.05) is 13.1 Å². The normalized spacial score (nSPS) is 25.2. The molecule has 0 saturated carbocycles. The van der Waals surface area contributed by atoms with Crippen LogP contribution in [0.25, 0.3) is 0 Å². The zero-order valence-electron chi connectivity index (χ0n) is 21.1. The van der Waals surface area contributed by atoms with Crippen LogP contribution in [-0.4, -0.2) is 23.1 Å². The van der Waals surface area contributed by atoms with Crippen LogP contribution in [0.1, 0.15) is 60.3 Å². The van der Waals surface area contributed by atoms with E-state index in [0.717, 1.165) is 44.3 Å². The van der Waals surface area contributed by atoms with E-state index in [2.05, 4.69) is 106 Å².